The minimum atomic E-state index is -0.618. The van der Waals surface area contributed by atoms with Crippen LogP contribution in [0.25, 0.3) is 0 Å². The van der Waals surface area contributed by atoms with Gasteiger partial charge in [0.05, 0.1) is 15.6 Å². The molecular weight excluding hydrogens is 311 g/mol. The van der Waals surface area contributed by atoms with Crippen molar-refractivity contribution < 1.29 is 9.59 Å². The van der Waals surface area contributed by atoms with E-state index in [1.54, 1.807) is 25.1 Å². The zero-order valence-electron chi connectivity index (χ0n) is 11.8. The zero-order chi connectivity index (χ0) is 15.4. The second-order valence-corrected chi connectivity index (χ2v) is 6.12. The number of halogens is 2. The third-order valence-electron chi connectivity index (χ3n) is 3.73. The summed E-state index contributed by atoms with van der Waals surface area (Å²) < 4.78 is 0. The number of carbonyl (C=O) groups excluding carboxylic acids is 2. The molecular formula is C15H18Cl2N2O2. The first-order valence-electron chi connectivity index (χ1n) is 7.01. The van der Waals surface area contributed by atoms with Crippen LogP contribution in [-0.4, -0.2) is 24.4 Å². The van der Waals surface area contributed by atoms with Gasteiger partial charge in [0.2, 0.25) is 5.91 Å². The van der Waals surface area contributed by atoms with Crippen molar-refractivity contribution in [3.05, 3.63) is 33.8 Å². The fraction of sp³-hybridized carbons (Fsp3) is 0.467. The molecule has 0 aliphatic heterocycles. The second kappa shape index (κ2) is 7.14. The maximum Gasteiger partial charge on any atom is 0.253 e. The fourth-order valence-corrected chi connectivity index (χ4v) is 2.50. The quantitative estimate of drug-likeness (QED) is 0.872. The predicted octanol–water partition coefficient (Wildman–Crippen LogP) is 3.03. The van der Waals surface area contributed by atoms with E-state index in [-0.39, 0.29) is 16.5 Å². The molecule has 0 bridgehead atoms. The summed E-state index contributed by atoms with van der Waals surface area (Å²) in [6.45, 7) is 2.32. The summed E-state index contributed by atoms with van der Waals surface area (Å²) in [5.74, 6) is -0.0126. The summed E-state index contributed by atoms with van der Waals surface area (Å²) in [4.78, 5) is 24.0. The number of benzene rings is 1. The number of nitrogens with one attached hydrogen (secondary N) is 2. The average molecular weight is 329 g/mol. The molecule has 21 heavy (non-hydrogen) atoms. The first-order valence-corrected chi connectivity index (χ1v) is 7.77. The van der Waals surface area contributed by atoms with Crippen LogP contribution in [0.3, 0.4) is 0 Å². The molecule has 0 unspecified atom stereocenters. The van der Waals surface area contributed by atoms with Gasteiger partial charge in [0.25, 0.3) is 5.91 Å². The molecule has 0 heterocycles. The molecule has 1 saturated carbocycles. The standard InChI is InChI=1S/C15H18Cl2N2O2/c1-9(14(20)18-8-10-4-2-5-10)19-15(21)11-6-3-7-12(16)13(11)17/h3,6-7,9-10H,2,4-5,8H2,1H3,(H,18,20)(H,19,21)/t9-/m1/s1. The summed E-state index contributed by atoms with van der Waals surface area (Å²) in [5.41, 5.74) is 0.266. The Morgan fingerprint density at radius 3 is 2.67 bits per heavy atom. The number of carbonyl (C=O) groups is 2. The minimum Gasteiger partial charge on any atom is -0.354 e. The van der Waals surface area contributed by atoms with Crippen LogP contribution in [0.5, 0.6) is 0 Å². The van der Waals surface area contributed by atoms with Crippen molar-refractivity contribution >= 4 is 35.0 Å². The molecule has 1 aliphatic rings. The third-order valence-corrected chi connectivity index (χ3v) is 4.55. The van der Waals surface area contributed by atoms with Crippen LogP contribution < -0.4 is 10.6 Å². The molecule has 2 N–H and O–H groups in total. The zero-order valence-corrected chi connectivity index (χ0v) is 13.3. The summed E-state index contributed by atoms with van der Waals surface area (Å²) in [6.07, 6.45) is 3.57. The Bertz CT molecular complexity index is 544. The molecule has 2 amide bonds. The van der Waals surface area contributed by atoms with E-state index in [0.717, 1.165) is 0 Å². The van der Waals surface area contributed by atoms with Gasteiger partial charge >= 0.3 is 0 Å². The van der Waals surface area contributed by atoms with Crippen LogP contribution in [-0.2, 0) is 4.79 Å². The largest absolute Gasteiger partial charge is 0.354 e. The molecule has 1 aliphatic carbocycles. The lowest BCUT2D eigenvalue weighted by atomic mass is 9.85. The molecule has 114 valence electrons. The fourth-order valence-electron chi connectivity index (χ4n) is 2.11. The Morgan fingerprint density at radius 1 is 1.33 bits per heavy atom. The summed E-state index contributed by atoms with van der Waals surface area (Å²) in [5, 5.41) is 5.99. The molecule has 1 aromatic carbocycles. The van der Waals surface area contributed by atoms with Crippen molar-refractivity contribution in [2.24, 2.45) is 5.92 Å². The Hall–Kier alpha value is -1.26. The van der Waals surface area contributed by atoms with Crippen molar-refractivity contribution in [2.75, 3.05) is 6.54 Å². The Balaban J connectivity index is 1.88. The summed E-state index contributed by atoms with van der Waals surface area (Å²) in [6, 6.07) is 4.20. The first-order chi connectivity index (χ1) is 9.99. The summed E-state index contributed by atoms with van der Waals surface area (Å²) >= 11 is 11.9. The van der Waals surface area contributed by atoms with Gasteiger partial charge in [-0.2, -0.15) is 0 Å². The van der Waals surface area contributed by atoms with Crippen LogP contribution in [0, 0.1) is 5.92 Å². The van der Waals surface area contributed by atoms with Gasteiger partial charge in [-0.1, -0.05) is 35.7 Å². The molecule has 2 rings (SSSR count). The van der Waals surface area contributed by atoms with Gasteiger partial charge in [-0.25, -0.2) is 0 Å². The normalized spacial score (nSPS) is 16.0. The Labute approximate surface area is 134 Å². The third kappa shape index (κ3) is 4.11. The highest BCUT2D eigenvalue weighted by Gasteiger charge is 2.22. The second-order valence-electron chi connectivity index (χ2n) is 5.34. The molecule has 0 saturated heterocycles. The van der Waals surface area contributed by atoms with E-state index >= 15 is 0 Å². The Morgan fingerprint density at radius 2 is 2.05 bits per heavy atom. The highest BCUT2D eigenvalue weighted by molar-refractivity contribution is 6.43. The smallest absolute Gasteiger partial charge is 0.253 e. The monoisotopic (exact) mass is 328 g/mol. The number of rotatable bonds is 5. The highest BCUT2D eigenvalue weighted by Crippen LogP contribution is 2.26. The van der Waals surface area contributed by atoms with Crippen LogP contribution in [0.2, 0.25) is 10.0 Å². The number of hydrogen-bond donors (Lipinski definition) is 2. The topological polar surface area (TPSA) is 58.2 Å². The van der Waals surface area contributed by atoms with E-state index in [9.17, 15) is 9.59 Å². The van der Waals surface area contributed by atoms with Crippen LogP contribution in [0.4, 0.5) is 0 Å². The lowest BCUT2D eigenvalue weighted by Gasteiger charge is -2.26. The van der Waals surface area contributed by atoms with Crippen molar-refractivity contribution in [1.82, 2.24) is 10.6 Å². The van der Waals surface area contributed by atoms with E-state index in [1.165, 1.54) is 19.3 Å². The van der Waals surface area contributed by atoms with Gasteiger partial charge in [0.15, 0.2) is 0 Å². The lowest BCUT2D eigenvalue weighted by molar-refractivity contribution is -0.122. The Kier molecular flexibility index (Phi) is 5.48. The van der Waals surface area contributed by atoms with E-state index < -0.39 is 11.9 Å². The van der Waals surface area contributed by atoms with Crippen molar-refractivity contribution in [1.29, 1.82) is 0 Å². The van der Waals surface area contributed by atoms with Crippen LogP contribution in [0.15, 0.2) is 18.2 Å². The van der Waals surface area contributed by atoms with Crippen LogP contribution >= 0.6 is 23.2 Å². The van der Waals surface area contributed by atoms with Gasteiger partial charge in [0, 0.05) is 6.54 Å². The van der Waals surface area contributed by atoms with E-state index in [4.69, 9.17) is 23.2 Å². The van der Waals surface area contributed by atoms with Crippen LogP contribution in [0.1, 0.15) is 36.5 Å². The predicted molar refractivity (Wildman–Crippen MR) is 83.7 cm³/mol. The van der Waals surface area contributed by atoms with Crippen molar-refractivity contribution in [3.63, 3.8) is 0 Å². The number of amides is 2. The molecule has 0 aromatic heterocycles. The molecule has 1 atom stereocenters. The molecule has 1 fully saturated rings. The molecule has 4 nitrogen and oxygen atoms in total. The lowest BCUT2D eigenvalue weighted by Crippen LogP contribution is -2.46. The van der Waals surface area contributed by atoms with Gasteiger partial charge in [0.1, 0.15) is 6.04 Å². The molecule has 6 heteroatoms. The molecule has 1 aromatic rings. The highest BCUT2D eigenvalue weighted by atomic mass is 35.5. The van der Waals surface area contributed by atoms with Crippen molar-refractivity contribution in [2.45, 2.75) is 32.2 Å². The molecule has 0 spiro atoms. The van der Waals surface area contributed by atoms with Gasteiger partial charge in [-0.15, -0.1) is 0 Å². The van der Waals surface area contributed by atoms with E-state index in [0.29, 0.717) is 17.5 Å². The SMILES string of the molecule is C[C@@H](NC(=O)c1cccc(Cl)c1Cl)C(=O)NCC1CCC1. The van der Waals surface area contributed by atoms with Gasteiger partial charge in [-0.3, -0.25) is 9.59 Å². The van der Waals surface area contributed by atoms with E-state index in [1.807, 2.05) is 0 Å². The minimum absolute atomic E-state index is 0.187. The van der Waals surface area contributed by atoms with Crippen molar-refractivity contribution in [3.8, 4) is 0 Å². The van der Waals surface area contributed by atoms with E-state index in [2.05, 4.69) is 10.6 Å². The maximum atomic E-state index is 12.1. The van der Waals surface area contributed by atoms with Gasteiger partial charge < -0.3 is 10.6 Å². The van der Waals surface area contributed by atoms with Gasteiger partial charge in [-0.05, 0) is 37.8 Å². The number of hydrogen-bond acceptors (Lipinski definition) is 2. The summed E-state index contributed by atoms with van der Waals surface area (Å²) in [7, 11) is 0. The average Bonchev–Trinajstić information content (AvgIpc) is 2.39. The molecule has 0 radical (unpaired) electrons. The maximum absolute atomic E-state index is 12.1. The first kappa shape index (κ1) is 16.1.